The van der Waals surface area contributed by atoms with Crippen LogP contribution < -0.4 is 0 Å². The van der Waals surface area contributed by atoms with Crippen LogP contribution in [0.25, 0.3) is 0 Å². The van der Waals surface area contributed by atoms with Crippen LogP contribution in [0.3, 0.4) is 0 Å². The highest BCUT2D eigenvalue weighted by Crippen LogP contribution is 2.42. The van der Waals surface area contributed by atoms with Gasteiger partial charge in [0.1, 0.15) is 0 Å². The molecule has 1 fully saturated rings. The second-order valence-corrected chi connectivity index (χ2v) is 7.04. The van der Waals surface area contributed by atoms with Crippen LogP contribution in [-0.2, 0) is 4.79 Å². The summed E-state index contributed by atoms with van der Waals surface area (Å²) in [5.41, 5.74) is -0.138. The minimum atomic E-state index is -0.233. The van der Waals surface area contributed by atoms with Gasteiger partial charge in [-0.05, 0) is 25.2 Å². The fourth-order valence-corrected chi connectivity index (χ4v) is 3.19. The number of hydrogen-bond acceptors (Lipinski definition) is 2. The van der Waals surface area contributed by atoms with Gasteiger partial charge < -0.3 is 0 Å². The quantitative estimate of drug-likeness (QED) is 0.460. The summed E-state index contributed by atoms with van der Waals surface area (Å²) in [7, 11) is 0. The lowest BCUT2D eigenvalue weighted by atomic mass is 9.68. The largest absolute Gasteiger partial charge is 0.235 e. The highest BCUT2D eigenvalue weighted by atomic mass is 16.1. The van der Waals surface area contributed by atoms with Gasteiger partial charge in [-0.2, -0.15) is 4.99 Å². The van der Waals surface area contributed by atoms with Gasteiger partial charge in [-0.25, -0.2) is 4.79 Å². The molecule has 1 unspecified atom stereocenters. The van der Waals surface area contributed by atoms with Crippen LogP contribution >= 0.6 is 0 Å². The zero-order valence-electron chi connectivity index (χ0n) is 13.1. The van der Waals surface area contributed by atoms with Gasteiger partial charge in [-0.3, -0.25) is 0 Å². The van der Waals surface area contributed by atoms with Crippen molar-refractivity contribution < 1.29 is 4.79 Å². The first kappa shape index (κ1) is 16.4. The van der Waals surface area contributed by atoms with Gasteiger partial charge >= 0.3 is 0 Å². The van der Waals surface area contributed by atoms with Crippen LogP contribution in [0.2, 0.25) is 0 Å². The summed E-state index contributed by atoms with van der Waals surface area (Å²) < 4.78 is 0. The van der Waals surface area contributed by atoms with Crippen molar-refractivity contribution in [3.05, 3.63) is 0 Å². The van der Waals surface area contributed by atoms with E-state index in [1.165, 1.54) is 57.8 Å². The van der Waals surface area contributed by atoms with Crippen LogP contribution in [0.5, 0.6) is 0 Å². The molecule has 110 valence electrons. The van der Waals surface area contributed by atoms with E-state index < -0.39 is 0 Å². The maximum atomic E-state index is 10.8. The van der Waals surface area contributed by atoms with Crippen LogP contribution in [0.1, 0.15) is 91.4 Å². The molecule has 1 saturated carbocycles. The minimum absolute atomic E-state index is 0.0957. The van der Waals surface area contributed by atoms with Gasteiger partial charge in [0.15, 0.2) is 0 Å². The number of nitrogens with zero attached hydrogens (tertiary/aromatic N) is 1. The molecule has 0 bridgehead atoms. The van der Waals surface area contributed by atoms with Gasteiger partial charge in [-0.15, -0.1) is 0 Å². The zero-order chi connectivity index (χ0) is 14.2. The summed E-state index contributed by atoms with van der Waals surface area (Å²) in [6.07, 6.45) is 15.9. The SMILES string of the molecule is CC1(C)CCCCCCCCCCCC1(C)N=C=O. The van der Waals surface area contributed by atoms with Crippen molar-refractivity contribution in [2.45, 2.75) is 96.9 Å². The normalized spacial score (nSPS) is 30.3. The lowest BCUT2D eigenvalue weighted by Crippen LogP contribution is -2.40. The Balaban J connectivity index is 2.74. The van der Waals surface area contributed by atoms with Gasteiger partial charge in [0.2, 0.25) is 6.08 Å². The first-order chi connectivity index (χ1) is 9.02. The molecule has 19 heavy (non-hydrogen) atoms. The van der Waals surface area contributed by atoms with Gasteiger partial charge in [0.05, 0.1) is 5.54 Å². The molecule has 0 heterocycles. The maximum Gasteiger partial charge on any atom is 0.235 e. The van der Waals surface area contributed by atoms with Crippen molar-refractivity contribution in [1.82, 2.24) is 0 Å². The molecule has 0 N–H and O–H groups in total. The lowest BCUT2D eigenvalue weighted by molar-refractivity contribution is 0.150. The minimum Gasteiger partial charge on any atom is -0.211 e. The smallest absolute Gasteiger partial charge is 0.211 e. The van der Waals surface area contributed by atoms with Crippen molar-refractivity contribution in [3.8, 4) is 0 Å². The van der Waals surface area contributed by atoms with Crippen molar-refractivity contribution in [2.75, 3.05) is 0 Å². The second-order valence-electron chi connectivity index (χ2n) is 7.04. The standard InChI is InChI=1S/C17H31NO/c1-16(2)13-11-9-7-5-4-6-8-10-12-14-17(16,3)18-15-19/h4-14H2,1-3H3. The fourth-order valence-electron chi connectivity index (χ4n) is 3.19. The molecule has 1 atom stereocenters. The van der Waals surface area contributed by atoms with E-state index in [1.807, 2.05) is 6.08 Å². The second kappa shape index (κ2) is 7.85. The highest BCUT2D eigenvalue weighted by Gasteiger charge is 2.40. The third-order valence-electron chi connectivity index (χ3n) is 5.22. The Morgan fingerprint density at radius 2 is 1.16 bits per heavy atom. The zero-order valence-corrected chi connectivity index (χ0v) is 13.1. The average Bonchev–Trinajstić information content (AvgIpc) is 2.36. The Morgan fingerprint density at radius 1 is 0.737 bits per heavy atom. The average molecular weight is 265 g/mol. The fraction of sp³-hybridized carbons (Fsp3) is 0.941. The monoisotopic (exact) mass is 265 g/mol. The molecule has 0 aromatic rings. The summed E-state index contributed by atoms with van der Waals surface area (Å²) in [5, 5.41) is 0. The molecule has 1 aliphatic rings. The number of rotatable bonds is 1. The summed E-state index contributed by atoms with van der Waals surface area (Å²) in [6, 6.07) is 0. The Hall–Kier alpha value is -0.620. The molecule has 0 radical (unpaired) electrons. The first-order valence-electron chi connectivity index (χ1n) is 8.11. The number of carbonyl (C=O) groups excluding carboxylic acids is 1. The van der Waals surface area contributed by atoms with Crippen molar-refractivity contribution in [1.29, 1.82) is 0 Å². The molecule has 0 spiro atoms. The van der Waals surface area contributed by atoms with Crippen molar-refractivity contribution >= 4 is 6.08 Å². The number of hydrogen-bond donors (Lipinski definition) is 0. The molecule has 2 nitrogen and oxygen atoms in total. The molecule has 0 amide bonds. The van der Waals surface area contributed by atoms with E-state index in [4.69, 9.17) is 0 Å². The molecular weight excluding hydrogens is 234 g/mol. The predicted molar refractivity (Wildman–Crippen MR) is 81.1 cm³/mol. The molecule has 0 aromatic heterocycles. The number of isocyanates is 1. The van der Waals surface area contributed by atoms with Crippen LogP contribution in [0, 0.1) is 5.41 Å². The van der Waals surface area contributed by atoms with Gasteiger partial charge in [0, 0.05) is 0 Å². The van der Waals surface area contributed by atoms with Crippen molar-refractivity contribution in [2.24, 2.45) is 10.4 Å². The molecule has 1 rings (SSSR count). The summed E-state index contributed by atoms with van der Waals surface area (Å²) in [4.78, 5) is 15.0. The first-order valence-corrected chi connectivity index (χ1v) is 8.11. The Morgan fingerprint density at radius 3 is 1.63 bits per heavy atom. The van der Waals surface area contributed by atoms with E-state index in [9.17, 15) is 4.79 Å². The summed E-state index contributed by atoms with van der Waals surface area (Å²) >= 11 is 0. The maximum absolute atomic E-state index is 10.8. The Bertz CT molecular complexity index is 304. The third kappa shape index (κ3) is 5.10. The molecule has 0 aromatic carbocycles. The molecule has 2 heteroatoms. The van der Waals surface area contributed by atoms with E-state index in [1.54, 1.807) is 0 Å². The molecule has 1 aliphatic carbocycles. The van der Waals surface area contributed by atoms with E-state index >= 15 is 0 Å². The van der Waals surface area contributed by atoms with Crippen LogP contribution in [0.15, 0.2) is 4.99 Å². The van der Waals surface area contributed by atoms with E-state index in [2.05, 4.69) is 25.8 Å². The summed E-state index contributed by atoms with van der Waals surface area (Å²) in [5.74, 6) is 0. The van der Waals surface area contributed by atoms with E-state index in [0.29, 0.717) is 0 Å². The van der Waals surface area contributed by atoms with Crippen molar-refractivity contribution in [3.63, 3.8) is 0 Å². The molecular formula is C17H31NO. The Labute approximate surface area is 119 Å². The van der Waals surface area contributed by atoms with Gasteiger partial charge in [0.25, 0.3) is 0 Å². The topological polar surface area (TPSA) is 29.4 Å². The van der Waals surface area contributed by atoms with Crippen LogP contribution in [0.4, 0.5) is 0 Å². The number of aliphatic imine (C=N–C) groups is 1. The third-order valence-corrected chi connectivity index (χ3v) is 5.22. The lowest BCUT2D eigenvalue weighted by Gasteiger charge is -2.40. The predicted octanol–water partition coefficient (Wildman–Crippen LogP) is 5.41. The van der Waals surface area contributed by atoms with Gasteiger partial charge in [-0.1, -0.05) is 71.6 Å². The molecule has 0 aliphatic heterocycles. The van der Waals surface area contributed by atoms with E-state index in [0.717, 1.165) is 12.8 Å². The summed E-state index contributed by atoms with van der Waals surface area (Å²) in [6.45, 7) is 6.69. The van der Waals surface area contributed by atoms with E-state index in [-0.39, 0.29) is 11.0 Å². The Kier molecular flexibility index (Phi) is 6.79. The highest BCUT2D eigenvalue weighted by molar-refractivity contribution is 5.35. The van der Waals surface area contributed by atoms with Crippen LogP contribution in [-0.4, -0.2) is 11.6 Å². The molecule has 0 saturated heterocycles.